The van der Waals surface area contributed by atoms with Crippen LogP contribution in [0.15, 0.2) is 60.7 Å². The number of esters is 1. The molecule has 0 aliphatic carbocycles. The summed E-state index contributed by atoms with van der Waals surface area (Å²) in [6.07, 6.45) is 1.58. The number of aliphatic carboxylic acids is 1. The van der Waals surface area contributed by atoms with Crippen LogP contribution >= 0.6 is 11.6 Å². The van der Waals surface area contributed by atoms with Crippen LogP contribution in [-0.2, 0) is 14.3 Å². The molecule has 0 unspecified atom stereocenters. The zero-order valence-corrected chi connectivity index (χ0v) is 14.6. The lowest BCUT2D eigenvalue weighted by Gasteiger charge is -2.06. The van der Waals surface area contributed by atoms with Gasteiger partial charge in [-0.2, -0.15) is 0 Å². The number of carboxylic acids is 1. The van der Waals surface area contributed by atoms with E-state index in [1.807, 2.05) is 0 Å². The molecule has 27 heavy (non-hydrogen) atoms. The standard InChI is InChI=1S/C19H14ClNO6/c20-14-5-1-12(2-6-14)16(22)11-27-19(26)13-3-7-15(8-4-13)21-17(23)9-10-18(24)25/h1-10H,11H2,(H,21,23)(H,24,25)/b10-9+. The molecular formula is C19H14ClNO6. The number of nitrogens with one attached hydrogen (secondary N) is 1. The van der Waals surface area contributed by atoms with Gasteiger partial charge in [-0.05, 0) is 48.5 Å². The second-order valence-electron chi connectivity index (χ2n) is 5.24. The molecule has 0 fully saturated rings. The Bertz CT molecular complexity index is 887. The molecule has 0 bridgehead atoms. The summed E-state index contributed by atoms with van der Waals surface area (Å²) in [6.45, 7) is -0.418. The molecule has 0 saturated heterocycles. The Morgan fingerprint density at radius 3 is 2.11 bits per heavy atom. The smallest absolute Gasteiger partial charge is 0.338 e. The lowest BCUT2D eigenvalue weighted by Crippen LogP contribution is -2.14. The molecule has 0 radical (unpaired) electrons. The van der Waals surface area contributed by atoms with Gasteiger partial charge in [0.25, 0.3) is 0 Å². The van der Waals surface area contributed by atoms with E-state index in [9.17, 15) is 19.2 Å². The van der Waals surface area contributed by atoms with Crippen LogP contribution in [0.2, 0.25) is 5.02 Å². The number of hydrogen-bond donors (Lipinski definition) is 2. The van der Waals surface area contributed by atoms with Gasteiger partial charge in [0.05, 0.1) is 5.56 Å². The third kappa shape index (κ3) is 6.41. The summed E-state index contributed by atoms with van der Waals surface area (Å²) in [5.41, 5.74) is 0.932. The Balaban J connectivity index is 1.89. The fourth-order valence-corrected chi connectivity index (χ4v) is 2.08. The number of Topliss-reactive ketones (excluding diaryl/α,β-unsaturated/α-hetero) is 1. The Kier molecular flexibility index (Phi) is 6.85. The van der Waals surface area contributed by atoms with Gasteiger partial charge in [-0.3, -0.25) is 9.59 Å². The lowest BCUT2D eigenvalue weighted by atomic mass is 10.1. The molecule has 2 aromatic rings. The summed E-state index contributed by atoms with van der Waals surface area (Å²) in [5.74, 6) is -2.92. The van der Waals surface area contributed by atoms with Gasteiger partial charge in [0.15, 0.2) is 12.4 Å². The Morgan fingerprint density at radius 2 is 1.52 bits per heavy atom. The van der Waals surface area contributed by atoms with Crippen molar-refractivity contribution in [2.24, 2.45) is 0 Å². The number of carbonyl (C=O) groups is 4. The van der Waals surface area contributed by atoms with Crippen molar-refractivity contribution in [2.75, 3.05) is 11.9 Å². The number of benzene rings is 2. The van der Waals surface area contributed by atoms with Crippen molar-refractivity contribution in [1.82, 2.24) is 0 Å². The lowest BCUT2D eigenvalue weighted by molar-refractivity contribution is -0.131. The van der Waals surface area contributed by atoms with E-state index in [1.54, 1.807) is 12.1 Å². The van der Waals surface area contributed by atoms with Gasteiger partial charge < -0.3 is 15.2 Å². The monoisotopic (exact) mass is 387 g/mol. The number of rotatable bonds is 7. The molecule has 0 heterocycles. The molecule has 1 amide bonds. The van der Waals surface area contributed by atoms with Crippen molar-refractivity contribution in [3.8, 4) is 0 Å². The van der Waals surface area contributed by atoms with E-state index in [4.69, 9.17) is 21.4 Å². The molecule has 2 N–H and O–H groups in total. The van der Waals surface area contributed by atoms with Crippen molar-refractivity contribution in [3.05, 3.63) is 76.8 Å². The van der Waals surface area contributed by atoms with E-state index in [2.05, 4.69) is 5.32 Å². The van der Waals surface area contributed by atoms with Crippen LogP contribution in [0, 0.1) is 0 Å². The van der Waals surface area contributed by atoms with Crippen molar-refractivity contribution in [3.63, 3.8) is 0 Å². The van der Waals surface area contributed by atoms with Crippen molar-refractivity contribution in [2.45, 2.75) is 0 Å². The van der Waals surface area contributed by atoms with Crippen LogP contribution < -0.4 is 5.32 Å². The quantitative estimate of drug-likeness (QED) is 0.429. The summed E-state index contributed by atoms with van der Waals surface area (Å²) < 4.78 is 4.98. The maximum atomic E-state index is 12.0. The van der Waals surface area contributed by atoms with Crippen LogP contribution in [-0.4, -0.2) is 35.3 Å². The number of carbonyl (C=O) groups excluding carboxylic acids is 3. The minimum atomic E-state index is -1.24. The second kappa shape index (κ2) is 9.30. The Morgan fingerprint density at radius 1 is 0.926 bits per heavy atom. The van der Waals surface area contributed by atoms with E-state index in [1.165, 1.54) is 36.4 Å². The molecular weight excluding hydrogens is 374 g/mol. The number of halogens is 1. The zero-order chi connectivity index (χ0) is 19.8. The third-order valence-electron chi connectivity index (χ3n) is 3.27. The highest BCUT2D eigenvalue weighted by atomic mass is 35.5. The minimum absolute atomic E-state index is 0.193. The number of anilines is 1. The van der Waals surface area contributed by atoms with E-state index in [0.29, 0.717) is 22.3 Å². The van der Waals surface area contributed by atoms with Gasteiger partial charge in [0.2, 0.25) is 5.91 Å². The van der Waals surface area contributed by atoms with E-state index in [0.717, 1.165) is 6.08 Å². The minimum Gasteiger partial charge on any atom is -0.478 e. The Labute approximate surface area is 159 Å². The number of amides is 1. The maximum absolute atomic E-state index is 12.0. The highest BCUT2D eigenvalue weighted by molar-refractivity contribution is 6.30. The topological polar surface area (TPSA) is 110 Å². The van der Waals surface area contributed by atoms with Gasteiger partial charge in [-0.15, -0.1) is 0 Å². The highest BCUT2D eigenvalue weighted by Gasteiger charge is 2.12. The SMILES string of the molecule is O=C(O)/C=C/C(=O)Nc1ccc(C(=O)OCC(=O)c2ccc(Cl)cc2)cc1. The largest absolute Gasteiger partial charge is 0.478 e. The summed E-state index contributed by atoms with van der Waals surface area (Å²) in [4.78, 5) is 45.8. The fourth-order valence-electron chi connectivity index (χ4n) is 1.95. The van der Waals surface area contributed by atoms with Crippen LogP contribution in [0.4, 0.5) is 5.69 Å². The molecule has 0 atom stereocenters. The van der Waals surface area contributed by atoms with Crippen LogP contribution in [0.3, 0.4) is 0 Å². The molecule has 2 aromatic carbocycles. The van der Waals surface area contributed by atoms with E-state index in [-0.39, 0.29) is 11.3 Å². The van der Waals surface area contributed by atoms with Gasteiger partial charge in [0, 0.05) is 28.4 Å². The zero-order valence-electron chi connectivity index (χ0n) is 13.8. The molecule has 7 nitrogen and oxygen atoms in total. The van der Waals surface area contributed by atoms with Crippen molar-refractivity contribution in [1.29, 1.82) is 0 Å². The highest BCUT2D eigenvalue weighted by Crippen LogP contribution is 2.12. The molecule has 0 aliphatic heterocycles. The van der Waals surface area contributed by atoms with Crippen LogP contribution in [0.1, 0.15) is 20.7 Å². The molecule has 2 rings (SSSR count). The van der Waals surface area contributed by atoms with Crippen molar-refractivity contribution < 1.29 is 29.0 Å². The van der Waals surface area contributed by atoms with Crippen molar-refractivity contribution >= 4 is 40.9 Å². The number of carboxylic acid groups (broad SMARTS) is 1. The summed E-state index contributed by atoms with van der Waals surface area (Å²) in [5, 5.41) is 11.4. The third-order valence-corrected chi connectivity index (χ3v) is 3.52. The molecule has 0 aliphatic rings. The molecule has 8 heteroatoms. The van der Waals surface area contributed by atoms with Gasteiger partial charge in [0.1, 0.15) is 0 Å². The molecule has 0 spiro atoms. The summed E-state index contributed by atoms with van der Waals surface area (Å²) in [6, 6.07) is 11.9. The fraction of sp³-hybridized carbons (Fsp3) is 0.0526. The number of hydrogen-bond acceptors (Lipinski definition) is 5. The first-order chi connectivity index (χ1) is 12.8. The Hall–Kier alpha value is -3.45. The predicted molar refractivity (Wildman–Crippen MR) is 97.9 cm³/mol. The average Bonchev–Trinajstić information content (AvgIpc) is 2.65. The second-order valence-corrected chi connectivity index (χ2v) is 5.68. The first-order valence-corrected chi connectivity index (χ1v) is 8.01. The summed E-state index contributed by atoms with van der Waals surface area (Å²) in [7, 11) is 0. The first-order valence-electron chi connectivity index (χ1n) is 7.63. The van der Waals surface area contributed by atoms with Crippen LogP contribution in [0.5, 0.6) is 0 Å². The van der Waals surface area contributed by atoms with Gasteiger partial charge in [-0.25, -0.2) is 9.59 Å². The molecule has 138 valence electrons. The van der Waals surface area contributed by atoms with Gasteiger partial charge >= 0.3 is 11.9 Å². The average molecular weight is 388 g/mol. The molecule has 0 saturated carbocycles. The first kappa shape index (κ1) is 19.9. The number of ketones is 1. The summed E-state index contributed by atoms with van der Waals surface area (Å²) >= 11 is 5.75. The van der Waals surface area contributed by atoms with Gasteiger partial charge in [-0.1, -0.05) is 11.6 Å². The molecule has 0 aromatic heterocycles. The number of ether oxygens (including phenoxy) is 1. The normalized spacial score (nSPS) is 10.4. The predicted octanol–water partition coefficient (Wildman–Crippen LogP) is 2.96. The van der Waals surface area contributed by atoms with Crippen LogP contribution in [0.25, 0.3) is 0 Å². The van der Waals surface area contributed by atoms with E-state index < -0.39 is 24.5 Å². The van der Waals surface area contributed by atoms with E-state index >= 15 is 0 Å². The maximum Gasteiger partial charge on any atom is 0.338 e.